The Bertz CT molecular complexity index is 524. The number of rotatable bonds is 5. The molecule has 0 fully saturated rings. The molecule has 0 aromatic heterocycles. The van der Waals surface area contributed by atoms with Crippen molar-refractivity contribution >= 4 is 17.9 Å². The van der Waals surface area contributed by atoms with E-state index in [1.807, 2.05) is 0 Å². The predicted octanol–water partition coefficient (Wildman–Crippen LogP) is 1.63. The Kier molecular flexibility index (Phi) is 5.89. The number of carbonyl (C=O) groups excluding carboxylic acids is 2. The van der Waals surface area contributed by atoms with E-state index in [9.17, 15) is 27.2 Å². The van der Waals surface area contributed by atoms with Crippen LogP contribution in [-0.2, 0) is 9.59 Å². The lowest BCUT2D eigenvalue weighted by Gasteiger charge is -2.08. The maximum atomic E-state index is 12.6. The molecule has 0 atom stereocenters. The zero-order chi connectivity index (χ0) is 15.9. The van der Waals surface area contributed by atoms with Crippen LogP contribution < -0.4 is 10.6 Å². The molecule has 4 nitrogen and oxygen atoms in total. The lowest BCUT2D eigenvalue weighted by Crippen LogP contribution is -2.40. The van der Waals surface area contributed by atoms with Crippen molar-refractivity contribution in [2.24, 2.45) is 0 Å². The van der Waals surface area contributed by atoms with Crippen LogP contribution in [0.4, 0.5) is 17.6 Å². The van der Waals surface area contributed by atoms with Gasteiger partial charge in [-0.1, -0.05) is 12.1 Å². The SMILES string of the molecule is O=C(/C=C/c1ccc(F)cc1)NCC(=O)NCC(F)(F)F. The molecule has 1 aromatic rings. The van der Waals surface area contributed by atoms with Crippen LogP contribution >= 0.6 is 0 Å². The average molecular weight is 304 g/mol. The number of hydrogen-bond acceptors (Lipinski definition) is 2. The molecule has 0 saturated heterocycles. The van der Waals surface area contributed by atoms with Crippen LogP contribution in [-0.4, -0.2) is 31.1 Å². The molecule has 0 heterocycles. The normalized spacial score (nSPS) is 11.4. The van der Waals surface area contributed by atoms with Crippen molar-refractivity contribution in [1.29, 1.82) is 0 Å². The number of benzene rings is 1. The first kappa shape index (κ1) is 16.7. The van der Waals surface area contributed by atoms with E-state index < -0.39 is 36.9 Å². The molecule has 0 aliphatic rings. The molecular weight excluding hydrogens is 292 g/mol. The maximum Gasteiger partial charge on any atom is 0.405 e. The minimum absolute atomic E-state index is 0.419. The van der Waals surface area contributed by atoms with E-state index in [0.29, 0.717) is 5.56 Å². The second-order valence-electron chi connectivity index (χ2n) is 3.99. The molecule has 0 radical (unpaired) electrons. The molecule has 0 aliphatic carbocycles. The zero-order valence-corrected chi connectivity index (χ0v) is 10.7. The van der Waals surface area contributed by atoms with Crippen LogP contribution in [0.2, 0.25) is 0 Å². The Morgan fingerprint density at radius 2 is 1.71 bits per heavy atom. The molecule has 114 valence electrons. The molecule has 8 heteroatoms. The summed E-state index contributed by atoms with van der Waals surface area (Å²) in [6, 6.07) is 5.30. The molecule has 1 rings (SSSR count). The van der Waals surface area contributed by atoms with Gasteiger partial charge < -0.3 is 10.6 Å². The minimum Gasteiger partial charge on any atom is -0.345 e. The lowest BCUT2D eigenvalue weighted by molar-refractivity contribution is -0.138. The maximum absolute atomic E-state index is 12.6. The van der Waals surface area contributed by atoms with Crippen LogP contribution in [0.25, 0.3) is 6.08 Å². The minimum atomic E-state index is -4.50. The van der Waals surface area contributed by atoms with Gasteiger partial charge in [0.2, 0.25) is 11.8 Å². The predicted molar refractivity (Wildman–Crippen MR) is 67.5 cm³/mol. The second-order valence-corrected chi connectivity index (χ2v) is 3.99. The highest BCUT2D eigenvalue weighted by molar-refractivity contribution is 5.94. The molecule has 0 spiro atoms. The highest BCUT2D eigenvalue weighted by atomic mass is 19.4. The van der Waals surface area contributed by atoms with Gasteiger partial charge >= 0.3 is 6.18 Å². The summed E-state index contributed by atoms with van der Waals surface area (Å²) in [6.07, 6.45) is -2.03. The third-order valence-electron chi connectivity index (χ3n) is 2.21. The van der Waals surface area contributed by atoms with Gasteiger partial charge in [-0.15, -0.1) is 0 Å². The molecule has 21 heavy (non-hydrogen) atoms. The monoisotopic (exact) mass is 304 g/mol. The summed E-state index contributed by atoms with van der Waals surface area (Å²) >= 11 is 0. The van der Waals surface area contributed by atoms with E-state index >= 15 is 0 Å². The highest BCUT2D eigenvalue weighted by Crippen LogP contribution is 2.11. The fraction of sp³-hybridized carbons (Fsp3) is 0.231. The molecule has 0 unspecified atom stereocenters. The second kappa shape index (κ2) is 7.41. The largest absolute Gasteiger partial charge is 0.405 e. The van der Waals surface area contributed by atoms with Gasteiger partial charge in [-0.2, -0.15) is 13.2 Å². The number of nitrogens with one attached hydrogen (secondary N) is 2. The van der Waals surface area contributed by atoms with Crippen molar-refractivity contribution in [2.75, 3.05) is 13.1 Å². The summed E-state index contributed by atoms with van der Waals surface area (Å²) in [4.78, 5) is 22.3. The van der Waals surface area contributed by atoms with Gasteiger partial charge in [0, 0.05) is 6.08 Å². The molecular formula is C13H12F4N2O2. The molecule has 1 aromatic carbocycles. The molecule has 2 N–H and O–H groups in total. The number of amides is 2. The number of halogens is 4. The van der Waals surface area contributed by atoms with Gasteiger partial charge in [0.1, 0.15) is 12.4 Å². The smallest absolute Gasteiger partial charge is 0.345 e. The van der Waals surface area contributed by atoms with Crippen LogP contribution in [0.3, 0.4) is 0 Å². The van der Waals surface area contributed by atoms with Crippen molar-refractivity contribution in [3.8, 4) is 0 Å². The molecule has 2 amide bonds. The van der Waals surface area contributed by atoms with Crippen molar-refractivity contribution in [1.82, 2.24) is 10.6 Å². The van der Waals surface area contributed by atoms with E-state index in [1.54, 1.807) is 5.32 Å². The Labute approximate surface area is 117 Å². The van der Waals surface area contributed by atoms with E-state index in [2.05, 4.69) is 5.32 Å². The molecule has 0 bridgehead atoms. The van der Waals surface area contributed by atoms with Gasteiger partial charge in [-0.3, -0.25) is 9.59 Å². The standard InChI is InChI=1S/C13H12F4N2O2/c14-10-4-1-9(2-5-10)3-6-11(20)18-7-12(21)19-8-13(15,16)17/h1-6H,7-8H2,(H,18,20)(H,19,21)/b6-3+. The van der Waals surface area contributed by atoms with Crippen molar-refractivity contribution in [3.63, 3.8) is 0 Å². The van der Waals surface area contributed by atoms with E-state index in [0.717, 1.165) is 6.08 Å². The summed E-state index contributed by atoms with van der Waals surface area (Å²) < 4.78 is 48.1. The van der Waals surface area contributed by atoms with Gasteiger partial charge in [0.15, 0.2) is 0 Å². The van der Waals surface area contributed by atoms with Gasteiger partial charge in [-0.05, 0) is 23.8 Å². The first-order valence-corrected chi connectivity index (χ1v) is 5.81. The topological polar surface area (TPSA) is 58.2 Å². The van der Waals surface area contributed by atoms with Crippen LogP contribution in [0.1, 0.15) is 5.56 Å². The Morgan fingerprint density at radius 3 is 2.29 bits per heavy atom. The fourth-order valence-electron chi connectivity index (χ4n) is 1.23. The van der Waals surface area contributed by atoms with Crippen molar-refractivity contribution in [3.05, 3.63) is 41.7 Å². The third kappa shape index (κ3) is 7.71. The summed E-state index contributed by atoms with van der Waals surface area (Å²) in [5.74, 6) is -2.02. The zero-order valence-electron chi connectivity index (χ0n) is 10.7. The third-order valence-corrected chi connectivity index (χ3v) is 2.21. The van der Waals surface area contributed by atoms with Crippen LogP contribution in [0, 0.1) is 5.82 Å². The Hall–Kier alpha value is -2.38. The van der Waals surface area contributed by atoms with E-state index in [1.165, 1.54) is 30.3 Å². The number of alkyl halides is 3. The first-order valence-electron chi connectivity index (χ1n) is 5.81. The van der Waals surface area contributed by atoms with Gasteiger partial charge in [0.25, 0.3) is 0 Å². The number of carbonyl (C=O) groups is 2. The highest BCUT2D eigenvalue weighted by Gasteiger charge is 2.27. The van der Waals surface area contributed by atoms with Crippen LogP contribution in [0.15, 0.2) is 30.3 Å². The summed E-state index contributed by atoms with van der Waals surface area (Å²) in [5.41, 5.74) is 0.563. The lowest BCUT2D eigenvalue weighted by atomic mass is 10.2. The van der Waals surface area contributed by atoms with Crippen molar-refractivity contribution < 1.29 is 27.2 Å². The van der Waals surface area contributed by atoms with Crippen molar-refractivity contribution in [2.45, 2.75) is 6.18 Å². The molecule has 0 aliphatic heterocycles. The van der Waals surface area contributed by atoms with E-state index in [-0.39, 0.29) is 0 Å². The van der Waals surface area contributed by atoms with E-state index in [4.69, 9.17) is 0 Å². The fourth-order valence-corrected chi connectivity index (χ4v) is 1.23. The first-order chi connectivity index (χ1) is 9.76. The number of hydrogen-bond donors (Lipinski definition) is 2. The quantitative estimate of drug-likeness (QED) is 0.642. The summed E-state index contributed by atoms with van der Waals surface area (Å²) in [6.45, 7) is -2.02. The van der Waals surface area contributed by atoms with Gasteiger partial charge in [0.05, 0.1) is 6.54 Å². The van der Waals surface area contributed by atoms with Crippen LogP contribution in [0.5, 0.6) is 0 Å². The van der Waals surface area contributed by atoms with Gasteiger partial charge in [-0.25, -0.2) is 4.39 Å². The Balaban J connectivity index is 2.34. The average Bonchev–Trinajstić information content (AvgIpc) is 2.41. The Morgan fingerprint density at radius 1 is 1.10 bits per heavy atom. The molecule has 0 saturated carbocycles. The summed E-state index contributed by atoms with van der Waals surface area (Å²) in [7, 11) is 0. The summed E-state index contributed by atoms with van der Waals surface area (Å²) in [5, 5.41) is 3.73.